The van der Waals surface area contributed by atoms with E-state index in [4.69, 9.17) is 4.98 Å². The van der Waals surface area contributed by atoms with Gasteiger partial charge in [-0.05, 0) is 32.9 Å². The number of rotatable bonds is 6. The maximum absolute atomic E-state index is 4.72. The first-order valence-corrected chi connectivity index (χ1v) is 11.8. The molecule has 0 atom stereocenters. The molecule has 4 aromatic heterocycles. The molecule has 0 bridgehead atoms. The first-order chi connectivity index (χ1) is 16.0. The van der Waals surface area contributed by atoms with Crippen LogP contribution < -0.4 is 10.2 Å². The SMILES string of the molecule is Cc1cc(Nc2cc(C)[nH]n2)nc(-c2ccc(N3CCN(Cc4cnc(C)s4)CC3)nc2)n1. The second kappa shape index (κ2) is 9.24. The van der Waals surface area contributed by atoms with E-state index >= 15 is 0 Å². The highest BCUT2D eigenvalue weighted by Crippen LogP contribution is 2.23. The van der Waals surface area contributed by atoms with Crippen LogP contribution in [0.1, 0.15) is 21.3 Å². The zero-order valence-corrected chi connectivity index (χ0v) is 19.9. The van der Waals surface area contributed by atoms with Crippen molar-refractivity contribution in [2.45, 2.75) is 27.3 Å². The molecule has 0 unspecified atom stereocenters. The molecule has 9 nitrogen and oxygen atoms in total. The maximum Gasteiger partial charge on any atom is 0.163 e. The van der Waals surface area contributed by atoms with Gasteiger partial charge in [-0.1, -0.05) is 0 Å². The molecule has 2 N–H and O–H groups in total. The molecule has 1 saturated heterocycles. The van der Waals surface area contributed by atoms with Gasteiger partial charge in [0.25, 0.3) is 0 Å². The quantitative estimate of drug-likeness (QED) is 0.448. The molecule has 1 aliphatic rings. The van der Waals surface area contributed by atoms with Crippen LogP contribution in [0, 0.1) is 20.8 Å². The molecule has 5 heterocycles. The first kappa shape index (κ1) is 21.5. The molecule has 1 fully saturated rings. The van der Waals surface area contributed by atoms with Gasteiger partial charge in [-0.2, -0.15) is 5.10 Å². The molecule has 0 saturated carbocycles. The third kappa shape index (κ3) is 5.18. The molecule has 4 aromatic rings. The Hall–Kier alpha value is -3.37. The van der Waals surface area contributed by atoms with E-state index in [2.05, 4.69) is 53.3 Å². The summed E-state index contributed by atoms with van der Waals surface area (Å²) < 4.78 is 0. The predicted octanol–water partition coefficient (Wildman–Crippen LogP) is 3.71. The monoisotopic (exact) mass is 461 g/mol. The Morgan fingerprint density at radius 1 is 0.970 bits per heavy atom. The van der Waals surface area contributed by atoms with Gasteiger partial charge >= 0.3 is 0 Å². The number of aromatic nitrogens is 6. The van der Waals surface area contributed by atoms with Crippen molar-refractivity contribution in [1.29, 1.82) is 0 Å². The lowest BCUT2D eigenvalue weighted by atomic mass is 10.2. The molecule has 170 valence electrons. The number of H-pyrrole nitrogens is 1. The van der Waals surface area contributed by atoms with E-state index < -0.39 is 0 Å². The number of anilines is 3. The number of hydrogen-bond donors (Lipinski definition) is 2. The lowest BCUT2D eigenvalue weighted by molar-refractivity contribution is 0.251. The van der Waals surface area contributed by atoms with Crippen LogP contribution in [-0.2, 0) is 6.54 Å². The van der Waals surface area contributed by atoms with Crippen molar-refractivity contribution in [3.63, 3.8) is 0 Å². The second-order valence-corrected chi connectivity index (χ2v) is 9.61. The van der Waals surface area contributed by atoms with Gasteiger partial charge in [0.2, 0.25) is 0 Å². The smallest absolute Gasteiger partial charge is 0.163 e. The Morgan fingerprint density at radius 2 is 1.82 bits per heavy atom. The highest BCUT2D eigenvalue weighted by Gasteiger charge is 2.19. The van der Waals surface area contributed by atoms with Crippen LogP contribution in [0.15, 0.2) is 36.7 Å². The highest BCUT2D eigenvalue weighted by molar-refractivity contribution is 7.11. The summed E-state index contributed by atoms with van der Waals surface area (Å²) in [6.07, 6.45) is 3.86. The van der Waals surface area contributed by atoms with E-state index in [0.717, 1.165) is 66.3 Å². The molecule has 0 aliphatic carbocycles. The third-order valence-electron chi connectivity index (χ3n) is 5.57. The molecule has 0 amide bonds. The fraction of sp³-hybridized carbons (Fsp3) is 0.348. The molecule has 5 rings (SSSR count). The van der Waals surface area contributed by atoms with E-state index in [1.807, 2.05) is 44.4 Å². The summed E-state index contributed by atoms with van der Waals surface area (Å²) in [4.78, 5) is 24.5. The van der Waals surface area contributed by atoms with Gasteiger partial charge < -0.3 is 10.2 Å². The molecular formula is C23H27N9S. The normalized spacial score (nSPS) is 14.6. The molecule has 1 aliphatic heterocycles. The summed E-state index contributed by atoms with van der Waals surface area (Å²) in [7, 11) is 0. The summed E-state index contributed by atoms with van der Waals surface area (Å²) in [5.41, 5.74) is 2.76. The zero-order chi connectivity index (χ0) is 22.8. The third-order valence-corrected chi connectivity index (χ3v) is 6.46. The number of nitrogens with zero attached hydrogens (tertiary/aromatic N) is 7. The van der Waals surface area contributed by atoms with E-state index in [1.54, 1.807) is 11.3 Å². The average molecular weight is 462 g/mol. The maximum atomic E-state index is 4.72. The Bertz CT molecular complexity index is 1220. The summed E-state index contributed by atoms with van der Waals surface area (Å²) in [6, 6.07) is 7.95. The van der Waals surface area contributed by atoms with Crippen molar-refractivity contribution in [3.05, 3.63) is 57.9 Å². The van der Waals surface area contributed by atoms with Crippen molar-refractivity contribution in [1.82, 2.24) is 35.0 Å². The van der Waals surface area contributed by atoms with Gasteiger partial charge in [0, 0.05) is 79.1 Å². The predicted molar refractivity (Wildman–Crippen MR) is 131 cm³/mol. The number of aryl methyl sites for hydroxylation is 3. The van der Waals surface area contributed by atoms with Crippen molar-refractivity contribution >= 4 is 28.8 Å². The largest absolute Gasteiger partial charge is 0.354 e. The molecule has 0 radical (unpaired) electrons. The van der Waals surface area contributed by atoms with Gasteiger partial charge in [-0.3, -0.25) is 10.00 Å². The van der Waals surface area contributed by atoms with E-state index in [-0.39, 0.29) is 0 Å². The number of aromatic amines is 1. The van der Waals surface area contributed by atoms with Gasteiger partial charge in [-0.25, -0.2) is 19.9 Å². The summed E-state index contributed by atoms with van der Waals surface area (Å²) >= 11 is 1.78. The Labute approximate surface area is 197 Å². The Morgan fingerprint density at radius 3 is 2.48 bits per heavy atom. The fourth-order valence-electron chi connectivity index (χ4n) is 3.91. The van der Waals surface area contributed by atoms with Crippen LogP contribution >= 0.6 is 11.3 Å². The van der Waals surface area contributed by atoms with Crippen molar-refractivity contribution in [2.75, 3.05) is 36.4 Å². The van der Waals surface area contributed by atoms with E-state index in [9.17, 15) is 0 Å². The Kier molecular flexibility index (Phi) is 6.01. The topological polar surface area (TPSA) is 98.8 Å². The van der Waals surface area contributed by atoms with E-state index in [0.29, 0.717) is 11.6 Å². The van der Waals surface area contributed by atoms with Gasteiger partial charge in [-0.15, -0.1) is 11.3 Å². The van der Waals surface area contributed by atoms with Crippen molar-refractivity contribution in [2.24, 2.45) is 0 Å². The molecule has 33 heavy (non-hydrogen) atoms. The van der Waals surface area contributed by atoms with Crippen LogP contribution in [0.3, 0.4) is 0 Å². The second-order valence-electron chi connectivity index (χ2n) is 8.29. The zero-order valence-electron chi connectivity index (χ0n) is 19.0. The van der Waals surface area contributed by atoms with Gasteiger partial charge in [0.1, 0.15) is 11.6 Å². The average Bonchev–Trinajstić information content (AvgIpc) is 3.41. The van der Waals surface area contributed by atoms with Crippen molar-refractivity contribution in [3.8, 4) is 11.4 Å². The van der Waals surface area contributed by atoms with Crippen molar-refractivity contribution < 1.29 is 0 Å². The van der Waals surface area contributed by atoms with Crippen LogP contribution in [0.5, 0.6) is 0 Å². The number of nitrogens with one attached hydrogen (secondary N) is 2. The first-order valence-electron chi connectivity index (χ1n) is 11.0. The van der Waals surface area contributed by atoms with Crippen LogP contribution in [0.2, 0.25) is 0 Å². The fourth-order valence-corrected chi connectivity index (χ4v) is 4.75. The number of pyridine rings is 1. The minimum Gasteiger partial charge on any atom is -0.354 e. The highest BCUT2D eigenvalue weighted by atomic mass is 32.1. The lowest BCUT2D eigenvalue weighted by Crippen LogP contribution is -2.46. The molecular weight excluding hydrogens is 434 g/mol. The molecule has 0 aromatic carbocycles. The van der Waals surface area contributed by atoms with E-state index in [1.165, 1.54) is 4.88 Å². The Balaban J connectivity index is 1.23. The number of hydrogen-bond acceptors (Lipinski definition) is 9. The molecule has 10 heteroatoms. The minimum atomic E-state index is 0.647. The minimum absolute atomic E-state index is 0.647. The lowest BCUT2D eigenvalue weighted by Gasteiger charge is -2.35. The standard InChI is InChI=1S/C23H27N9S/c1-15-10-20(27-21-11-16(2)29-30-21)28-23(26-15)18-4-5-22(25-12-18)32-8-6-31(7-9-32)14-19-13-24-17(3)33-19/h4-5,10-13H,6-9,14H2,1-3H3,(H2,26,27,28,29,30). The molecule has 0 spiro atoms. The van der Waals surface area contributed by atoms with Gasteiger partial charge in [0.05, 0.1) is 5.01 Å². The summed E-state index contributed by atoms with van der Waals surface area (Å²) in [5, 5.41) is 11.5. The van der Waals surface area contributed by atoms with Crippen LogP contribution in [-0.4, -0.2) is 61.2 Å². The number of piperazine rings is 1. The van der Waals surface area contributed by atoms with Crippen LogP contribution in [0.4, 0.5) is 17.5 Å². The van der Waals surface area contributed by atoms with Crippen LogP contribution in [0.25, 0.3) is 11.4 Å². The summed E-state index contributed by atoms with van der Waals surface area (Å²) in [6.45, 7) is 10.9. The number of thiazole rings is 1. The van der Waals surface area contributed by atoms with Gasteiger partial charge in [0.15, 0.2) is 11.6 Å². The summed E-state index contributed by atoms with van der Waals surface area (Å²) in [5.74, 6) is 3.08.